The Labute approximate surface area is 378 Å². The largest absolute Gasteiger partial charge is 0.507 e. The molecule has 5 aliphatic rings. The number of hydrogen-bond donors (Lipinski definition) is 5. The molecule has 65 heavy (non-hydrogen) atoms. The number of ether oxygens (including phenoxy) is 6. The Bertz CT molecular complexity index is 2310. The van der Waals surface area contributed by atoms with Gasteiger partial charge in [-0.3, -0.25) is 19.2 Å². The number of aliphatic hydroxyl groups excluding tert-OH is 2. The Morgan fingerprint density at radius 3 is 2.23 bits per heavy atom. The Balaban J connectivity index is 1.41. The molecule has 1 fully saturated rings. The number of ketones is 3. The molecule has 0 radical (unpaired) electrons. The summed E-state index contributed by atoms with van der Waals surface area (Å²) in [5.74, 6) is -8.25. The lowest BCUT2D eigenvalue weighted by Crippen LogP contribution is -2.47. The number of allylic oxidation sites excluding steroid dienone is 4. The van der Waals surface area contributed by atoms with Crippen LogP contribution in [-0.4, -0.2) is 120 Å². The van der Waals surface area contributed by atoms with E-state index in [1.54, 1.807) is 76.1 Å². The molecule has 17 nitrogen and oxygen atoms in total. The van der Waals surface area contributed by atoms with E-state index < -0.39 is 94.5 Å². The molecule has 2 amide bonds. The fourth-order valence-corrected chi connectivity index (χ4v) is 8.66. The summed E-state index contributed by atoms with van der Waals surface area (Å²) in [6.45, 7) is 12.0. The van der Waals surface area contributed by atoms with Crippen molar-refractivity contribution in [3.05, 3.63) is 99.6 Å². The normalized spacial score (nSPS) is 30.7. The van der Waals surface area contributed by atoms with E-state index in [2.05, 4.69) is 10.6 Å². The highest BCUT2D eigenvalue weighted by atomic mass is 16.7. The summed E-state index contributed by atoms with van der Waals surface area (Å²) in [6, 6.07) is 7.10. The molecule has 4 aliphatic heterocycles. The van der Waals surface area contributed by atoms with Crippen molar-refractivity contribution >= 4 is 29.4 Å². The van der Waals surface area contributed by atoms with E-state index in [0.717, 1.165) is 5.56 Å². The third-order valence-corrected chi connectivity index (χ3v) is 12.8. The van der Waals surface area contributed by atoms with E-state index in [9.17, 15) is 39.3 Å². The van der Waals surface area contributed by atoms with E-state index in [1.165, 1.54) is 46.3 Å². The smallest absolute Gasteiger partial charge is 0.407 e. The van der Waals surface area contributed by atoms with Crippen molar-refractivity contribution in [3.63, 3.8) is 0 Å². The Morgan fingerprint density at radius 2 is 1.58 bits per heavy atom. The van der Waals surface area contributed by atoms with Crippen LogP contribution in [0.1, 0.15) is 83.7 Å². The predicted molar refractivity (Wildman–Crippen MR) is 235 cm³/mol. The van der Waals surface area contributed by atoms with Gasteiger partial charge in [-0.05, 0) is 37.6 Å². The number of fused-ring (bicyclic) bond motifs is 14. The van der Waals surface area contributed by atoms with Gasteiger partial charge in [-0.2, -0.15) is 0 Å². The number of rotatable bonds is 6. The number of amides is 2. The van der Waals surface area contributed by atoms with Gasteiger partial charge in [-0.25, -0.2) is 4.79 Å². The Kier molecular flexibility index (Phi) is 14.9. The molecule has 5 bridgehead atoms. The molecule has 2 aromatic carbocycles. The monoisotopic (exact) mass is 901 g/mol. The van der Waals surface area contributed by atoms with Crippen LogP contribution in [0.5, 0.6) is 17.2 Å². The maximum atomic E-state index is 14.8. The van der Waals surface area contributed by atoms with Gasteiger partial charge in [0.1, 0.15) is 34.7 Å². The van der Waals surface area contributed by atoms with Crippen molar-refractivity contribution in [2.24, 2.45) is 23.7 Å². The minimum absolute atomic E-state index is 0.0106. The first kappa shape index (κ1) is 48.4. The lowest BCUT2D eigenvalue weighted by Gasteiger charge is -2.38. The van der Waals surface area contributed by atoms with Crippen molar-refractivity contribution in [3.8, 4) is 17.2 Å². The maximum Gasteiger partial charge on any atom is 0.407 e. The molecule has 9 atom stereocenters. The summed E-state index contributed by atoms with van der Waals surface area (Å²) >= 11 is 0. The number of methoxy groups -OCH3 is 2. The van der Waals surface area contributed by atoms with Crippen LogP contribution in [0.2, 0.25) is 0 Å². The summed E-state index contributed by atoms with van der Waals surface area (Å²) in [6.07, 6.45) is 2.32. The van der Waals surface area contributed by atoms with Crippen LogP contribution in [0.25, 0.3) is 0 Å². The van der Waals surface area contributed by atoms with Crippen LogP contribution in [-0.2, 0) is 30.3 Å². The fourth-order valence-electron chi connectivity index (χ4n) is 8.66. The van der Waals surface area contributed by atoms with E-state index in [-0.39, 0.29) is 72.3 Å². The molecule has 1 saturated heterocycles. The topological polar surface area (TPSA) is 229 Å². The molecular weight excluding hydrogens is 843 g/mol. The van der Waals surface area contributed by atoms with Crippen LogP contribution in [0.4, 0.5) is 4.79 Å². The molecule has 5 N–H and O–H groups in total. The number of nitrogens with zero attached hydrogens (tertiary/aromatic N) is 1. The molecular formula is C48H59N3O14. The van der Waals surface area contributed by atoms with Gasteiger partial charge in [0.05, 0.1) is 61.6 Å². The second-order valence-corrected chi connectivity index (χ2v) is 17.1. The third kappa shape index (κ3) is 9.69. The molecule has 0 spiro atoms. The van der Waals surface area contributed by atoms with Gasteiger partial charge in [0.15, 0.2) is 0 Å². The van der Waals surface area contributed by atoms with Crippen molar-refractivity contribution in [1.29, 1.82) is 0 Å². The van der Waals surface area contributed by atoms with Crippen molar-refractivity contribution in [2.75, 3.05) is 40.5 Å². The number of carbonyl (C=O) groups is 5. The number of phenols is 1. The van der Waals surface area contributed by atoms with Gasteiger partial charge in [-0.15, -0.1) is 0 Å². The lowest BCUT2D eigenvalue weighted by atomic mass is 9.78. The number of benzene rings is 2. The molecule has 350 valence electrons. The van der Waals surface area contributed by atoms with Gasteiger partial charge in [0.25, 0.3) is 11.7 Å². The summed E-state index contributed by atoms with van der Waals surface area (Å²) in [5.41, 5.74) is -0.777. The van der Waals surface area contributed by atoms with Crippen molar-refractivity contribution in [1.82, 2.24) is 15.5 Å². The minimum Gasteiger partial charge on any atom is -0.507 e. The average Bonchev–Trinajstić information content (AvgIpc) is 3.57. The van der Waals surface area contributed by atoms with E-state index in [4.69, 9.17) is 28.4 Å². The highest BCUT2D eigenvalue weighted by Crippen LogP contribution is 2.49. The van der Waals surface area contributed by atoms with E-state index >= 15 is 0 Å². The molecule has 2 aromatic rings. The number of alkyl carbamates (subject to hydrolysis) is 1. The summed E-state index contributed by atoms with van der Waals surface area (Å²) in [4.78, 5) is 72.6. The van der Waals surface area contributed by atoms with Crippen molar-refractivity contribution in [2.45, 2.75) is 85.2 Å². The maximum absolute atomic E-state index is 14.8. The van der Waals surface area contributed by atoms with Crippen molar-refractivity contribution < 1.29 is 67.7 Å². The fraction of sp³-hybridized carbons (Fsp3) is 0.479. The summed E-state index contributed by atoms with van der Waals surface area (Å²) < 4.78 is 34.8. The zero-order chi connectivity index (χ0) is 47.5. The number of phenolic OH excluding ortho intramolecular Hbond substituents is 1. The van der Waals surface area contributed by atoms with E-state index in [0.29, 0.717) is 5.75 Å². The zero-order valence-corrected chi connectivity index (χ0v) is 38.1. The van der Waals surface area contributed by atoms with Crippen LogP contribution in [0, 0.1) is 30.6 Å². The molecule has 0 saturated carbocycles. The Hall–Kier alpha value is -6.01. The summed E-state index contributed by atoms with van der Waals surface area (Å²) in [7, 11) is 2.97. The highest BCUT2D eigenvalue weighted by molar-refractivity contribution is 6.32. The number of Topliss-reactive ketones (excluding diaryl/α,β-unsaturated/α-hetero) is 3. The SMILES string of the molecule is COc1ccc(CNC(=O)O[C@H]2[C@H](C)[C@H](O)[C@H](C)[C@@H](O)[C@@H](C)/C=C/C=C(/C)C(=O)NC3=C(N4CCOCC4)C(=O)c4c(c(O)c(C)c5c4C(=O)[C@@](C)(O/C=C/[C@H](OC)[C@H]2C)O5)C3=O)cc1. The van der Waals surface area contributed by atoms with Crippen LogP contribution < -0.4 is 20.1 Å². The Morgan fingerprint density at radius 1 is 0.908 bits per heavy atom. The lowest BCUT2D eigenvalue weighted by molar-refractivity contribution is -0.116. The number of nitrogens with one attached hydrogen (secondary N) is 2. The second kappa shape index (κ2) is 20.0. The minimum atomic E-state index is -2.11. The molecule has 17 heteroatoms. The number of aliphatic hydroxyl groups is 2. The van der Waals surface area contributed by atoms with Gasteiger partial charge < -0.3 is 59.3 Å². The van der Waals surface area contributed by atoms with Gasteiger partial charge in [0, 0.05) is 68.5 Å². The number of carbonyl (C=O) groups excluding carboxylic acids is 5. The van der Waals surface area contributed by atoms with Gasteiger partial charge in [0.2, 0.25) is 11.6 Å². The second-order valence-electron chi connectivity index (χ2n) is 17.1. The first-order valence-electron chi connectivity index (χ1n) is 21.6. The summed E-state index contributed by atoms with van der Waals surface area (Å²) in [5, 5.41) is 40.3. The molecule has 7 rings (SSSR count). The third-order valence-electron chi connectivity index (χ3n) is 12.8. The number of hydrogen-bond acceptors (Lipinski definition) is 15. The average molecular weight is 902 g/mol. The first-order valence-corrected chi connectivity index (χ1v) is 21.6. The van der Waals surface area contributed by atoms with E-state index in [1.807, 2.05) is 0 Å². The number of morpholine rings is 1. The quantitative estimate of drug-likeness (QED) is 0.266. The van der Waals surface area contributed by atoms with Gasteiger partial charge >= 0.3 is 11.9 Å². The first-order chi connectivity index (χ1) is 30.8. The highest BCUT2D eigenvalue weighted by Gasteiger charge is 2.53. The van der Waals surface area contributed by atoms with Crippen LogP contribution >= 0.6 is 0 Å². The molecule has 0 unspecified atom stereocenters. The standard InChI is InChI=1S/C48H59N3O14/c1-24-11-10-12-25(2)46(58)50-36-37(51-18-21-62-22-19-51)42(56)33-34(41(36)55)40(54)29(6)44-35(33)45(57)48(7,65-44)63-20-17-32(61-9)26(3)43(28(5)39(53)27(4)38(24)52)64-47(59)49-23-30-13-15-31(60-8)16-14-30/h10-17,20,24,26-28,32,38-39,43,52-54H,18-19,21-23H2,1-9H3,(H,49,59)(H,50,58)/b11-10+,20-17+,25-12-/t24-,26+,27+,28+,32-,38-,39+,43+,48-/m0/s1. The predicted octanol–water partition coefficient (Wildman–Crippen LogP) is 4.66. The molecule has 0 aromatic heterocycles. The van der Waals surface area contributed by atoms with Gasteiger partial charge in [-0.1, -0.05) is 58.1 Å². The van der Waals surface area contributed by atoms with Crippen LogP contribution in [0.3, 0.4) is 0 Å². The molecule has 1 aliphatic carbocycles. The zero-order valence-electron chi connectivity index (χ0n) is 38.1. The molecule has 4 heterocycles. The number of aromatic hydroxyl groups is 1. The van der Waals surface area contributed by atoms with Crippen LogP contribution in [0.15, 0.2) is 71.8 Å².